The molecule has 106 valence electrons. The zero-order valence-electron chi connectivity index (χ0n) is 11.6. The number of hydrogen-bond donors (Lipinski definition) is 0. The molecule has 0 radical (unpaired) electrons. The second-order valence-corrected chi connectivity index (χ2v) is 5.12. The minimum absolute atomic E-state index is 0.382. The quantitative estimate of drug-likeness (QED) is 0.794. The molecule has 0 unspecified atom stereocenters. The molecule has 0 saturated carbocycles. The first-order valence-electron chi connectivity index (χ1n) is 6.65. The Balaban J connectivity index is 2.06. The average Bonchev–Trinajstić information content (AvgIpc) is 2.86. The van der Waals surface area contributed by atoms with E-state index in [0.717, 1.165) is 23.9 Å². The first-order valence-corrected chi connectivity index (χ1v) is 6.65. The Bertz CT molecular complexity index is 690. The van der Waals surface area contributed by atoms with Crippen LogP contribution in [0.5, 0.6) is 11.5 Å². The number of hydrogen-bond acceptors (Lipinski definition) is 5. The largest absolute Gasteiger partial charge is 0.489 e. The summed E-state index contributed by atoms with van der Waals surface area (Å²) in [5.74, 6) is 1.26. The molecule has 2 aromatic rings. The van der Waals surface area contributed by atoms with Crippen molar-refractivity contribution in [1.29, 1.82) is 0 Å². The molecule has 5 nitrogen and oxygen atoms in total. The number of fused-ring (bicyclic) bond motifs is 2. The Morgan fingerprint density at radius 2 is 2.20 bits per heavy atom. The van der Waals surface area contributed by atoms with E-state index in [1.807, 2.05) is 25.1 Å². The van der Waals surface area contributed by atoms with Crippen LogP contribution in [0.4, 0.5) is 0 Å². The van der Waals surface area contributed by atoms with Gasteiger partial charge in [0, 0.05) is 30.0 Å². The molecule has 0 saturated heterocycles. The Labute approximate surface area is 116 Å². The lowest BCUT2D eigenvalue weighted by molar-refractivity contribution is 0.247. The number of nitrogens with zero attached hydrogens (tertiary/aromatic N) is 1. The third-order valence-electron chi connectivity index (χ3n) is 3.30. The Morgan fingerprint density at radius 3 is 3.00 bits per heavy atom. The van der Waals surface area contributed by atoms with Crippen molar-refractivity contribution in [2.75, 3.05) is 33.9 Å². The molecule has 2 heterocycles. The highest BCUT2D eigenvalue weighted by atomic mass is 16.5. The van der Waals surface area contributed by atoms with Crippen LogP contribution in [-0.4, -0.2) is 38.8 Å². The predicted octanol–water partition coefficient (Wildman–Crippen LogP) is 1.67. The van der Waals surface area contributed by atoms with Crippen molar-refractivity contribution in [3.63, 3.8) is 0 Å². The van der Waals surface area contributed by atoms with Crippen LogP contribution in [0, 0.1) is 0 Å². The van der Waals surface area contributed by atoms with E-state index in [1.54, 1.807) is 6.07 Å². The number of ether oxygens (including phenoxy) is 2. The zero-order chi connectivity index (χ0) is 14.1. The van der Waals surface area contributed by atoms with Crippen molar-refractivity contribution in [1.82, 2.24) is 4.90 Å². The monoisotopic (exact) mass is 275 g/mol. The average molecular weight is 275 g/mol. The summed E-state index contributed by atoms with van der Waals surface area (Å²) in [7, 11) is 3.96. The molecule has 1 aliphatic heterocycles. The molecule has 1 aromatic heterocycles. The summed E-state index contributed by atoms with van der Waals surface area (Å²) < 4.78 is 16.8. The van der Waals surface area contributed by atoms with Crippen LogP contribution in [0.1, 0.15) is 5.56 Å². The van der Waals surface area contributed by atoms with Gasteiger partial charge in [-0.1, -0.05) is 0 Å². The normalized spacial score (nSPS) is 13.6. The summed E-state index contributed by atoms with van der Waals surface area (Å²) in [6, 6.07) is 5.19. The number of likely N-dealkylation sites (N-methyl/N-ethyl adjacent to an activating group) is 1. The van der Waals surface area contributed by atoms with E-state index in [4.69, 9.17) is 13.9 Å². The lowest BCUT2D eigenvalue weighted by atomic mass is 10.1. The second kappa shape index (κ2) is 5.17. The summed E-state index contributed by atoms with van der Waals surface area (Å²) in [5, 5.41) is 0.869. The van der Waals surface area contributed by atoms with Crippen LogP contribution >= 0.6 is 0 Å². The molecular weight excluding hydrogens is 258 g/mol. The highest BCUT2D eigenvalue weighted by Crippen LogP contribution is 2.41. The van der Waals surface area contributed by atoms with E-state index in [0.29, 0.717) is 30.3 Å². The maximum absolute atomic E-state index is 11.4. The Hall–Kier alpha value is -2.01. The van der Waals surface area contributed by atoms with Gasteiger partial charge < -0.3 is 18.8 Å². The van der Waals surface area contributed by atoms with E-state index in [9.17, 15) is 4.79 Å². The molecule has 0 spiro atoms. The van der Waals surface area contributed by atoms with Gasteiger partial charge in [-0.15, -0.1) is 0 Å². The number of benzene rings is 1. The van der Waals surface area contributed by atoms with Crippen molar-refractivity contribution < 1.29 is 13.9 Å². The predicted molar refractivity (Wildman–Crippen MR) is 75.7 cm³/mol. The van der Waals surface area contributed by atoms with Gasteiger partial charge in [-0.2, -0.15) is 0 Å². The lowest BCUT2D eigenvalue weighted by Gasteiger charge is -2.14. The van der Waals surface area contributed by atoms with Crippen molar-refractivity contribution in [2.24, 2.45) is 0 Å². The van der Waals surface area contributed by atoms with Gasteiger partial charge in [0.05, 0.1) is 6.61 Å². The van der Waals surface area contributed by atoms with Crippen LogP contribution in [0.15, 0.2) is 27.4 Å². The maximum atomic E-state index is 11.4. The highest BCUT2D eigenvalue weighted by Gasteiger charge is 2.22. The van der Waals surface area contributed by atoms with Gasteiger partial charge in [0.15, 0.2) is 11.3 Å². The number of rotatable bonds is 4. The summed E-state index contributed by atoms with van der Waals surface area (Å²) in [6.45, 7) is 1.93. The summed E-state index contributed by atoms with van der Waals surface area (Å²) in [5.41, 5.74) is 1.19. The molecule has 0 fully saturated rings. The van der Waals surface area contributed by atoms with Crippen LogP contribution in [-0.2, 0) is 6.42 Å². The molecule has 1 aromatic carbocycles. The molecule has 0 amide bonds. The van der Waals surface area contributed by atoms with Gasteiger partial charge in [-0.3, -0.25) is 0 Å². The smallest absolute Gasteiger partial charge is 0.336 e. The zero-order valence-corrected chi connectivity index (χ0v) is 11.6. The third kappa shape index (κ3) is 2.36. The van der Waals surface area contributed by atoms with E-state index < -0.39 is 0 Å². The molecule has 5 heteroatoms. The molecule has 0 atom stereocenters. The summed E-state index contributed by atoms with van der Waals surface area (Å²) >= 11 is 0. The van der Waals surface area contributed by atoms with Crippen LogP contribution in [0.2, 0.25) is 0 Å². The van der Waals surface area contributed by atoms with Gasteiger partial charge in [0.1, 0.15) is 6.61 Å². The van der Waals surface area contributed by atoms with E-state index >= 15 is 0 Å². The van der Waals surface area contributed by atoms with Gasteiger partial charge >= 0.3 is 5.63 Å². The lowest BCUT2D eigenvalue weighted by Crippen LogP contribution is -2.19. The maximum Gasteiger partial charge on any atom is 0.336 e. The Morgan fingerprint density at radius 1 is 1.35 bits per heavy atom. The van der Waals surface area contributed by atoms with E-state index in [2.05, 4.69) is 0 Å². The highest BCUT2D eigenvalue weighted by molar-refractivity contribution is 5.87. The van der Waals surface area contributed by atoms with Gasteiger partial charge in [-0.25, -0.2) is 4.79 Å². The van der Waals surface area contributed by atoms with Crippen molar-refractivity contribution in [3.8, 4) is 11.5 Å². The van der Waals surface area contributed by atoms with Crippen molar-refractivity contribution >= 4 is 11.0 Å². The second-order valence-electron chi connectivity index (χ2n) is 5.12. The fourth-order valence-electron chi connectivity index (χ4n) is 2.29. The fourth-order valence-corrected chi connectivity index (χ4v) is 2.29. The van der Waals surface area contributed by atoms with Gasteiger partial charge in [0.25, 0.3) is 0 Å². The Kier molecular flexibility index (Phi) is 3.36. The summed E-state index contributed by atoms with van der Waals surface area (Å²) in [6.07, 6.45) is 0.856. The molecular formula is C15H17NO4. The molecule has 0 bridgehead atoms. The fraction of sp³-hybridized carbons (Fsp3) is 0.400. The SMILES string of the molecule is CN(C)CCOc1c2c(cc3ccc(=O)oc13)CCO2. The molecule has 3 rings (SSSR count). The minimum atomic E-state index is -0.382. The first-order chi connectivity index (χ1) is 9.65. The van der Waals surface area contributed by atoms with E-state index in [1.165, 1.54) is 6.07 Å². The minimum Gasteiger partial charge on any atom is -0.489 e. The van der Waals surface area contributed by atoms with Crippen molar-refractivity contribution in [2.45, 2.75) is 6.42 Å². The van der Waals surface area contributed by atoms with Crippen LogP contribution < -0.4 is 15.1 Å². The van der Waals surface area contributed by atoms with Crippen LogP contribution in [0.3, 0.4) is 0 Å². The first kappa shape index (κ1) is 13.0. The molecule has 20 heavy (non-hydrogen) atoms. The van der Waals surface area contributed by atoms with Crippen LogP contribution in [0.25, 0.3) is 11.0 Å². The van der Waals surface area contributed by atoms with E-state index in [-0.39, 0.29) is 5.63 Å². The van der Waals surface area contributed by atoms with Gasteiger partial charge in [0.2, 0.25) is 5.75 Å². The molecule has 0 aliphatic carbocycles. The van der Waals surface area contributed by atoms with Gasteiger partial charge in [-0.05, 0) is 26.2 Å². The molecule has 0 N–H and O–H groups in total. The van der Waals surface area contributed by atoms with Crippen molar-refractivity contribution in [3.05, 3.63) is 34.2 Å². The topological polar surface area (TPSA) is 51.9 Å². The standard InChI is InChI=1S/C15H17NO4/c1-16(2)6-8-19-15-13-11(5-7-18-13)9-10-3-4-12(17)20-14(10)15/h3-4,9H,5-8H2,1-2H3. The molecule has 1 aliphatic rings. The third-order valence-corrected chi connectivity index (χ3v) is 3.30. The summed E-state index contributed by atoms with van der Waals surface area (Å²) in [4.78, 5) is 13.5.